The summed E-state index contributed by atoms with van der Waals surface area (Å²) < 4.78 is 12.0. The number of fused-ring (bicyclic) bond motifs is 1. The molecule has 24 heavy (non-hydrogen) atoms. The zero-order valence-electron chi connectivity index (χ0n) is 14.6. The van der Waals surface area contributed by atoms with Crippen molar-refractivity contribution in [1.29, 1.82) is 0 Å². The second-order valence-electron chi connectivity index (χ2n) is 6.68. The first-order chi connectivity index (χ1) is 11.1. The summed E-state index contributed by atoms with van der Waals surface area (Å²) in [7, 11) is 0. The van der Waals surface area contributed by atoms with Gasteiger partial charge in [0.2, 0.25) is 0 Å². The van der Waals surface area contributed by atoms with Gasteiger partial charge in [-0.1, -0.05) is 22.0 Å². The van der Waals surface area contributed by atoms with Crippen LogP contribution in [-0.4, -0.2) is 23.3 Å². The topological polar surface area (TPSA) is 55.8 Å². The van der Waals surface area contributed by atoms with Gasteiger partial charge in [0.1, 0.15) is 5.75 Å². The maximum atomic E-state index is 12.5. The predicted octanol–water partition coefficient (Wildman–Crippen LogP) is 5.04. The lowest BCUT2D eigenvalue weighted by Crippen LogP contribution is -2.29. The van der Waals surface area contributed by atoms with Gasteiger partial charge < -0.3 is 14.6 Å². The number of aromatic hydroxyl groups is 1. The van der Waals surface area contributed by atoms with Crippen molar-refractivity contribution in [3.05, 3.63) is 39.9 Å². The fourth-order valence-electron chi connectivity index (χ4n) is 2.64. The van der Waals surface area contributed by atoms with Crippen LogP contribution in [0.15, 0.2) is 28.7 Å². The summed E-state index contributed by atoms with van der Waals surface area (Å²) in [6.07, 6.45) is -0.974. The van der Waals surface area contributed by atoms with E-state index in [9.17, 15) is 9.90 Å². The highest BCUT2D eigenvalue weighted by molar-refractivity contribution is 9.10. The van der Waals surface area contributed by atoms with E-state index in [2.05, 4.69) is 15.9 Å². The molecule has 0 fully saturated rings. The van der Waals surface area contributed by atoms with Gasteiger partial charge in [-0.3, -0.25) is 0 Å². The average molecular weight is 395 g/mol. The van der Waals surface area contributed by atoms with Crippen molar-refractivity contribution in [2.75, 3.05) is 6.61 Å². The number of benzene rings is 2. The van der Waals surface area contributed by atoms with E-state index in [4.69, 9.17) is 9.47 Å². The van der Waals surface area contributed by atoms with E-state index in [0.717, 1.165) is 15.4 Å². The third-order valence-corrected chi connectivity index (χ3v) is 4.05. The third-order valence-electron chi connectivity index (χ3n) is 3.55. The molecule has 0 bridgehead atoms. The number of halogens is 1. The van der Waals surface area contributed by atoms with Crippen LogP contribution in [0.3, 0.4) is 0 Å². The second-order valence-corrected chi connectivity index (χ2v) is 7.60. The fraction of sp³-hybridized carbons (Fsp3) is 0.421. The summed E-state index contributed by atoms with van der Waals surface area (Å²) in [4.78, 5) is 12.5. The van der Waals surface area contributed by atoms with E-state index in [-0.39, 0.29) is 12.4 Å². The van der Waals surface area contributed by atoms with Gasteiger partial charge in [0.25, 0.3) is 0 Å². The standard InChI is InChI=1S/C19H23BrO4/c1-6-23-18(22)17(24-19(3,4)5)15-11(2)9-12-10-13(20)7-8-14(12)16(15)21/h7-10,17,21H,6H2,1-5H3/t17-/m0/s1. The SMILES string of the molecule is CCOC(=O)[C@@H](OC(C)(C)C)c1c(C)cc2cc(Br)ccc2c1O. The van der Waals surface area contributed by atoms with Crippen LogP contribution in [0, 0.1) is 6.92 Å². The van der Waals surface area contributed by atoms with Crippen LogP contribution in [0.25, 0.3) is 10.8 Å². The highest BCUT2D eigenvalue weighted by Gasteiger charge is 2.32. The van der Waals surface area contributed by atoms with E-state index in [0.29, 0.717) is 10.9 Å². The number of phenols is 1. The molecule has 2 aromatic rings. The minimum absolute atomic E-state index is 0.0554. The largest absolute Gasteiger partial charge is 0.507 e. The van der Waals surface area contributed by atoms with Crippen LogP contribution >= 0.6 is 15.9 Å². The van der Waals surface area contributed by atoms with Gasteiger partial charge >= 0.3 is 5.97 Å². The van der Waals surface area contributed by atoms with Gasteiger partial charge in [-0.2, -0.15) is 0 Å². The zero-order chi connectivity index (χ0) is 18.1. The van der Waals surface area contributed by atoms with Gasteiger partial charge in [0, 0.05) is 15.4 Å². The van der Waals surface area contributed by atoms with Gasteiger partial charge in [0.05, 0.1) is 12.2 Å². The van der Waals surface area contributed by atoms with E-state index < -0.39 is 17.7 Å². The molecule has 0 radical (unpaired) electrons. The lowest BCUT2D eigenvalue weighted by molar-refractivity contribution is -0.167. The highest BCUT2D eigenvalue weighted by Crippen LogP contribution is 2.39. The summed E-state index contributed by atoms with van der Waals surface area (Å²) in [6, 6.07) is 7.53. The molecule has 0 spiro atoms. The molecule has 0 unspecified atom stereocenters. The number of ether oxygens (including phenoxy) is 2. The average Bonchev–Trinajstić information content (AvgIpc) is 2.44. The monoisotopic (exact) mass is 394 g/mol. The van der Waals surface area contributed by atoms with E-state index in [1.54, 1.807) is 6.92 Å². The van der Waals surface area contributed by atoms with Crippen molar-refractivity contribution in [3.8, 4) is 5.75 Å². The zero-order valence-corrected chi connectivity index (χ0v) is 16.2. The van der Waals surface area contributed by atoms with Crippen LogP contribution in [0.2, 0.25) is 0 Å². The number of carbonyl (C=O) groups excluding carboxylic acids is 1. The second kappa shape index (κ2) is 7.11. The Kier molecular flexibility index (Phi) is 5.56. The number of phenolic OH excluding ortho intramolecular Hbond substituents is 1. The first-order valence-electron chi connectivity index (χ1n) is 7.90. The minimum atomic E-state index is -0.974. The van der Waals surface area contributed by atoms with Gasteiger partial charge in [-0.05, 0) is 63.8 Å². The first kappa shape index (κ1) is 18.7. The van der Waals surface area contributed by atoms with Crippen molar-refractivity contribution in [2.24, 2.45) is 0 Å². The third kappa shape index (κ3) is 4.08. The van der Waals surface area contributed by atoms with Crippen molar-refractivity contribution in [1.82, 2.24) is 0 Å². The molecule has 0 aromatic heterocycles. The Bertz CT molecular complexity index is 762. The first-order valence-corrected chi connectivity index (χ1v) is 8.69. The van der Waals surface area contributed by atoms with Gasteiger partial charge in [-0.15, -0.1) is 0 Å². The highest BCUT2D eigenvalue weighted by atomic mass is 79.9. The molecule has 0 saturated heterocycles. The van der Waals surface area contributed by atoms with Gasteiger partial charge in [-0.25, -0.2) is 4.79 Å². The molecule has 1 N–H and O–H groups in total. The summed E-state index contributed by atoms with van der Waals surface area (Å²) in [5.74, 6) is -0.443. The molecule has 2 aromatic carbocycles. The van der Waals surface area contributed by atoms with E-state index in [1.807, 2.05) is 52.0 Å². The summed E-state index contributed by atoms with van der Waals surface area (Å²) in [5, 5.41) is 12.4. The lowest BCUT2D eigenvalue weighted by atomic mass is 9.96. The van der Waals surface area contributed by atoms with E-state index in [1.165, 1.54) is 0 Å². The fourth-order valence-corrected chi connectivity index (χ4v) is 3.02. The lowest BCUT2D eigenvalue weighted by Gasteiger charge is -2.28. The number of hydrogen-bond acceptors (Lipinski definition) is 4. The molecule has 0 aliphatic heterocycles. The normalized spacial score (nSPS) is 13.1. The van der Waals surface area contributed by atoms with Gasteiger partial charge in [0.15, 0.2) is 6.10 Å². The Balaban J connectivity index is 2.64. The number of esters is 1. The molecule has 5 heteroatoms. The maximum Gasteiger partial charge on any atom is 0.340 e. The van der Waals surface area contributed by atoms with Crippen LogP contribution in [0.4, 0.5) is 0 Å². The molecular formula is C19H23BrO4. The van der Waals surface area contributed by atoms with Crippen molar-refractivity contribution < 1.29 is 19.4 Å². The van der Waals surface area contributed by atoms with E-state index >= 15 is 0 Å². The maximum absolute atomic E-state index is 12.5. The quantitative estimate of drug-likeness (QED) is 0.738. The Morgan fingerprint density at radius 1 is 1.29 bits per heavy atom. The molecule has 2 rings (SSSR count). The van der Waals surface area contributed by atoms with Crippen LogP contribution in [-0.2, 0) is 14.3 Å². The van der Waals surface area contributed by atoms with Crippen LogP contribution in [0.5, 0.6) is 5.75 Å². The molecular weight excluding hydrogens is 372 g/mol. The number of rotatable bonds is 4. The molecule has 0 heterocycles. The summed E-state index contributed by atoms with van der Waals surface area (Å²) >= 11 is 3.43. The van der Waals surface area contributed by atoms with Crippen LogP contribution in [0.1, 0.15) is 44.9 Å². The van der Waals surface area contributed by atoms with Crippen molar-refractivity contribution in [2.45, 2.75) is 46.3 Å². The minimum Gasteiger partial charge on any atom is -0.507 e. The number of aryl methyl sites for hydroxylation is 1. The molecule has 0 aliphatic carbocycles. The molecule has 0 saturated carbocycles. The van der Waals surface area contributed by atoms with Crippen LogP contribution < -0.4 is 0 Å². The Morgan fingerprint density at radius 3 is 2.54 bits per heavy atom. The molecule has 0 aliphatic rings. The number of hydrogen-bond donors (Lipinski definition) is 1. The molecule has 130 valence electrons. The smallest absolute Gasteiger partial charge is 0.340 e. The summed E-state index contributed by atoms with van der Waals surface area (Å²) in [5.41, 5.74) is 0.670. The van der Waals surface area contributed by atoms with Crippen molar-refractivity contribution >= 4 is 32.7 Å². The molecule has 0 amide bonds. The Labute approximate surface area is 150 Å². The Hall–Kier alpha value is -1.59. The number of carbonyl (C=O) groups is 1. The predicted molar refractivity (Wildman–Crippen MR) is 98.3 cm³/mol. The molecule has 4 nitrogen and oxygen atoms in total. The van der Waals surface area contributed by atoms with Crippen molar-refractivity contribution in [3.63, 3.8) is 0 Å². The Morgan fingerprint density at radius 2 is 1.96 bits per heavy atom. The molecule has 1 atom stereocenters. The summed E-state index contributed by atoms with van der Waals surface area (Å²) in [6.45, 7) is 9.45.